The minimum atomic E-state index is -10.2. The highest BCUT2D eigenvalue weighted by molar-refractivity contribution is 8.45. The zero-order valence-corrected chi connectivity index (χ0v) is 19.7. The van der Waals surface area contributed by atoms with Crippen LogP contribution < -0.4 is 4.74 Å². The summed E-state index contributed by atoms with van der Waals surface area (Å²) in [7, 11) is -8.71. The highest BCUT2D eigenvalue weighted by atomic mass is 32.5. The van der Waals surface area contributed by atoms with Crippen molar-refractivity contribution in [3.63, 3.8) is 0 Å². The molecule has 0 unspecified atom stereocenters. The third kappa shape index (κ3) is 9.08. The highest BCUT2D eigenvalue weighted by Crippen LogP contribution is 3.02. The van der Waals surface area contributed by atoms with Crippen molar-refractivity contribution >= 4 is 28.4 Å². The van der Waals surface area contributed by atoms with Gasteiger partial charge in [0, 0.05) is 18.7 Å². The smallest absolute Gasteiger partial charge is 0.475 e. The molecule has 1 heterocycles. The lowest BCUT2D eigenvalue weighted by Crippen LogP contribution is -2.41. The zero-order valence-electron chi connectivity index (χ0n) is 18.9. The van der Waals surface area contributed by atoms with Crippen molar-refractivity contribution in [2.24, 2.45) is 0 Å². The van der Waals surface area contributed by atoms with Gasteiger partial charge in [0.25, 0.3) is 5.09 Å². The Labute approximate surface area is 207 Å². The molecule has 0 aliphatic carbocycles. The average Bonchev–Trinajstić information content (AvgIpc) is 2.75. The fourth-order valence-electron chi connectivity index (χ4n) is 2.75. The van der Waals surface area contributed by atoms with Crippen molar-refractivity contribution < 1.29 is 71.1 Å². The van der Waals surface area contributed by atoms with E-state index in [4.69, 9.17) is 0 Å². The molecular weight excluding hydrogens is 572 g/mol. The third-order valence-electron chi connectivity index (χ3n) is 4.53. The molecule has 38 heavy (non-hydrogen) atoms. The largest absolute Gasteiger partial charge is 0.511 e. The molecule has 0 aromatic heterocycles. The number of alkyl halides is 3. The van der Waals surface area contributed by atoms with Crippen molar-refractivity contribution in [2.75, 3.05) is 40.1 Å². The van der Waals surface area contributed by atoms with Crippen molar-refractivity contribution in [1.29, 1.82) is 0 Å². The molecule has 1 atom stereocenters. The van der Waals surface area contributed by atoms with Crippen LogP contribution >= 0.6 is 10.2 Å². The Bertz CT molecular complexity index is 1110. The molecule has 0 radical (unpaired) electrons. The Morgan fingerprint density at radius 2 is 1.71 bits per heavy atom. The number of likely N-dealkylation sites (N-methyl/N-ethyl adjacent to an activating group) is 1. The van der Waals surface area contributed by atoms with Crippen LogP contribution in [-0.2, 0) is 23.8 Å². The molecule has 0 N–H and O–H groups in total. The van der Waals surface area contributed by atoms with Gasteiger partial charge in [-0.1, -0.05) is 19.4 Å². The van der Waals surface area contributed by atoms with Crippen molar-refractivity contribution in [2.45, 2.75) is 17.2 Å². The van der Waals surface area contributed by atoms with Crippen LogP contribution in [-0.4, -0.2) is 74.5 Å². The number of rotatable bonds is 11. The van der Waals surface area contributed by atoms with Crippen LogP contribution in [0, 0.1) is 10.1 Å². The summed E-state index contributed by atoms with van der Waals surface area (Å²) >= 11 is 0. The normalized spacial score (nSPS) is 17.2. The standard InChI is InChI=1S/C18H18F8N2O9S/c1-27(5-7-36-28(31)32)4-6-33-17(30)35-10-34-16(29)13-9-11-8-12(38(22,23,24,25)26)2-3-14(11)37-15(13)18(19,20)21/h2-3,8-9,15H,4-7,10H2,1H3/t15-/m0/s1. The topological polar surface area (TPSA) is 127 Å². The first-order valence-corrected chi connectivity index (χ1v) is 11.9. The fourth-order valence-corrected chi connectivity index (χ4v) is 3.43. The number of hydrogen-bond donors (Lipinski definition) is 0. The van der Waals surface area contributed by atoms with E-state index in [1.165, 1.54) is 11.9 Å². The predicted octanol–water partition coefficient (Wildman–Crippen LogP) is 4.84. The second kappa shape index (κ2) is 10.3. The number of carbonyl (C=O) groups is 2. The van der Waals surface area contributed by atoms with E-state index in [2.05, 4.69) is 23.8 Å². The summed E-state index contributed by atoms with van der Waals surface area (Å²) in [5.74, 6) is -2.70. The van der Waals surface area contributed by atoms with Gasteiger partial charge in [0.1, 0.15) is 23.9 Å². The molecule has 11 nitrogen and oxygen atoms in total. The number of ether oxygens (including phenoxy) is 4. The van der Waals surface area contributed by atoms with Gasteiger partial charge in [-0.05, 0) is 31.3 Å². The second-order valence-corrected chi connectivity index (χ2v) is 9.87. The average molecular weight is 590 g/mol. The third-order valence-corrected chi connectivity index (χ3v) is 5.67. The fraction of sp³-hybridized carbons (Fsp3) is 0.444. The maximum absolute atomic E-state index is 13.4. The lowest BCUT2D eigenvalue weighted by Gasteiger charge is -2.41. The first-order valence-electron chi connectivity index (χ1n) is 9.93. The number of fused-ring (bicyclic) bond motifs is 1. The maximum Gasteiger partial charge on any atom is 0.511 e. The van der Waals surface area contributed by atoms with E-state index in [1.54, 1.807) is 0 Å². The van der Waals surface area contributed by atoms with Crippen molar-refractivity contribution in [1.82, 2.24) is 4.90 Å². The van der Waals surface area contributed by atoms with Crippen LogP contribution in [0.4, 0.5) is 37.4 Å². The van der Waals surface area contributed by atoms with Gasteiger partial charge in [-0.25, -0.2) is 9.59 Å². The first-order chi connectivity index (χ1) is 17.2. The Morgan fingerprint density at radius 3 is 2.29 bits per heavy atom. The van der Waals surface area contributed by atoms with Crippen LogP contribution in [0.2, 0.25) is 0 Å². The minimum Gasteiger partial charge on any atom is -0.475 e. The van der Waals surface area contributed by atoms with Gasteiger partial charge in [0.05, 0.1) is 5.57 Å². The maximum atomic E-state index is 13.4. The van der Waals surface area contributed by atoms with E-state index in [1.807, 2.05) is 0 Å². The molecule has 1 aliphatic heterocycles. The number of hydrogen-bond acceptors (Lipinski definition) is 10. The number of nitrogens with zero attached hydrogens (tertiary/aromatic N) is 2. The van der Waals surface area contributed by atoms with Crippen LogP contribution in [0.3, 0.4) is 0 Å². The molecule has 1 aliphatic rings. The Kier molecular flexibility index (Phi) is 8.32. The van der Waals surface area contributed by atoms with Crippen LogP contribution in [0.5, 0.6) is 5.75 Å². The summed E-state index contributed by atoms with van der Waals surface area (Å²) in [5, 5.41) is 9.03. The molecule has 0 amide bonds. The number of benzene rings is 1. The monoisotopic (exact) mass is 590 g/mol. The quantitative estimate of drug-likeness (QED) is 0.116. The lowest BCUT2D eigenvalue weighted by molar-refractivity contribution is -0.757. The molecule has 0 bridgehead atoms. The van der Waals surface area contributed by atoms with Crippen molar-refractivity contribution in [3.8, 4) is 5.75 Å². The van der Waals surface area contributed by atoms with Crippen LogP contribution in [0.1, 0.15) is 5.56 Å². The van der Waals surface area contributed by atoms with Gasteiger partial charge < -0.3 is 28.7 Å². The molecule has 0 spiro atoms. The second-order valence-electron chi connectivity index (χ2n) is 7.46. The molecule has 216 valence electrons. The molecule has 0 fully saturated rings. The molecule has 1 aromatic rings. The van der Waals surface area contributed by atoms with E-state index in [0.29, 0.717) is 0 Å². The Morgan fingerprint density at radius 1 is 1.08 bits per heavy atom. The Balaban J connectivity index is 2.01. The van der Waals surface area contributed by atoms with E-state index < -0.39 is 68.3 Å². The molecular formula is C18H18F8N2O9S. The molecule has 20 heteroatoms. The summed E-state index contributed by atoms with van der Waals surface area (Å²) in [6.07, 6.45) is -9.50. The summed E-state index contributed by atoms with van der Waals surface area (Å²) in [5.41, 5.74) is -2.31. The van der Waals surface area contributed by atoms with Crippen molar-refractivity contribution in [3.05, 3.63) is 39.4 Å². The van der Waals surface area contributed by atoms with E-state index >= 15 is 0 Å². The van der Waals surface area contributed by atoms with E-state index in [9.17, 15) is 52.3 Å². The summed E-state index contributed by atoms with van der Waals surface area (Å²) in [6.45, 7) is -1.74. The highest BCUT2D eigenvalue weighted by Gasteiger charge is 2.65. The number of carbonyl (C=O) groups excluding carboxylic acids is 2. The van der Waals surface area contributed by atoms with Gasteiger partial charge >= 0.3 is 28.5 Å². The van der Waals surface area contributed by atoms with Gasteiger partial charge in [-0.3, -0.25) is 0 Å². The van der Waals surface area contributed by atoms with E-state index in [0.717, 1.165) is 0 Å². The lowest BCUT2D eigenvalue weighted by atomic mass is 10.0. The molecule has 0 saturated carbocycles. The van der Waals surface area contributed by atoms with Gasteiger partial charge in [0.15, 0.2) is 0 Å². The van der Waals surface area contributed by atoms with Crippen LogP contribution in [0.25, 0.3) is 6.08 Å². The predicted molar refractivity (Wildman–Crippen MR) is 110 cm³/mol. The zero-order chi connectivity index (χ0) is 29.0. The van der Waals surface area contributed by atoms with Gasteiger partial charge in [-0.2, -0.15) is 13.2 Å². The Hall–Kier alpha value is -3.55. The minimum absolute atomic E-state index is 0.0494. The summed E-state index contributed by atoms with van der Waals surface area (Å²) in [4.78, 5) is 36.8. The number of esters is 1. The van der Waals surface area contributed by atoms with E-state index in [-0.39, 0.29) is 50.6 Å². The van der Waals surface area contributed by atoms with Gasteiger partial charge in [0.2, 0.25) is 12.9 Å². The number of halogens is 8. The summed E-state index contributed by atoms with van der Waals surface area (Å²) in [6, 6.07) is -0.0699. The molecule has 2 rings (SSSR count). The molecule has 0 saturated heterocycles. The van der Waals surface area contributed by atoms with Crippen LogP contribution in [0.15, 0.2) is 28.7 Å². The first kappa shape index (κ1) is 30.7. The summed E-state index contributed by atoms with van der Waals surface area (Å²) < 4.78 is 123. The van der Waals surface area contributed by atoms with Gasteiger partial charge in [-0.15, -0.1) is 10.1 Å². The molecule has 1 aromatic carbocycles. The SMILES string of the molecule is CN(CCOC(=O)OCOC(=O)C1=Cc2cc(S(F)(F)(F)(F)F)ccc2O[C@@H]1C(F)(F)F)CCO[N+](=O)[O-].